The van der Waals surface area contributed by atoms with Gasteiger partial charge in [-0.2, -0.15) is 0 Å². The van der Waals surface area contributed by atoms with Crippen LogP contribution in [0.2, 0.25) is 0 Å². The average Bonchev–Trinajstić information content (AvgIpc) is 2.87. The number of hydrogen-bond acceptors (Lipinski definition) is 5. The molecule has 2 aliphatic heterocycles. The van der Waals surface area contributed by atoms with Gasteiger partial charge < -0.3 is 14.6 Å². The third-order valence-electron chi connectivity index (χ3n) is 4.59. The van der Waals surface area contributed by atoms with Crippen molar-refractivity contribution in [1.29, 1.82) is 0 Å². The highest BCUT2D eigenvalue weighted by atomic mass is 16.6. The van der Waals surface area contributed by atoms with Crippen molar-refractivity contribution in [3.8, 4) is 0 Å². The highest BCUT2D eigenvalue weighted by Crippen LogP contribution is 2.31. The number of ether oxygens (including phenoxy) is 2. The summed E-state index contributed by atoms with van der Waals surface area (Å²) in [6, 6.07) is 0. The van der Waals surface area contributed by atoms with Gasteiger partial charge in [-0.05, 0) is 19.3 Å². The van der Waals surface area contributed by atoms with Gasteiger partial charge in [-0.15, -0.1) is 0 Å². The third-order valence-corrected chi connectivity index (χ3v) is 4.59. The first-order valence-electron chi connectivity index (χ1n) is 8.84. The lowest BCUT2D eigenvalue weighted by Gasteiger charge is -2.24. The number of cyclic esters (lactones) is 1. The maximum atomic E-state index is 12.0. The van der Waals surface area contributed by atoms with Gasteiger partial charge >= 0.3 is 11.9 Å². The van der Waals surface area contributed by atoms with Gasteiger partial charge in [0, 0.05) is 18.4 Å². The average molecular weight is 324 g/mol. The van der Waals surface area contributed by atoms with Crippen molar-refractivity contribution < 1.29 is 24.2 Å². The number of hydrogen-bond donors (Lipinski definition) is 1. The van der Waals surface area contributed by atoms with Crippen molar-refractivity contribution >= 4 is 11.9 Å². The Balaban J connectivity index is 1.98. The largest absolute Gasteiger partial charge is 0.461 e. The summed E-state index contributed by atoms with van der Waals surface area (Å²) in [6.45, 7) is -0.394. The van der Waals surface area contributed by atoms with Crippen LogP contribution in [0.3, 0.4) is 0 Å². The van der Waals surface area contributed by atoms with Crippen molar-refractivity contribution in [2.75, 3.05) is 13.2 Å². The van der Waals surface area contributed by atoms with Gasteiger partial charge in [0.25, 0.3) is 0 Å². The van der Waals surface area contributed by atoms with Crippen LogP contribution in [0.15, 0.2) is 11.6 Å². The molecule has 0 unspecified atom stereocenters. The van der Waals surface area contributed by atoms with Crippen LogP contribution < -0.4 is 0 Å². The quantitative estimate of drug-likeness (QED) is 0.751. The zero-order chi connectivity index (χ0) is 16.5. The van der Waals surface area contributed by atoms with E-state index in [1.807, 2.05) is 6.08 Å². The summed E-state index contributed by atoms with van der Waals surface area (Å²) in [5.41, 5.74) is -0.494. The maximum Gasteiger partial charge on any atom is 0.334 e. The van der Waals surface area contributed by atoms with Crippen LogP contribution in [-0.4, -0.2) is 35.9 Å². The van der Waals surface area contributed by atoms with Crippen LogP contribution in [0.1, 0.15) is 70.6 Å². The van der Waals surface area contributed by atoms with Crippen LogP contribution in [0.4, 0.5) is 0 Å². The Hall–Kier alpha value is -1.36. The molecule has 0 aromatic carbocycles. The standard InChI is InChI=1S/C18H28O5/c19-13-18-12-15(17(21)23-18)10-8-6-4-2-1-3-5-7-9-11-16(20)22-14-18/h10,19H,1-9,11-14H2/b15-10-/t18-/m1/s1. The minimum absolute atomic E-state index is 0.0641. The molecule has 0 amide bonds. The molecule has 1 saturated heterocycles. The molecule has 0 aromatic heterocycles. The maximum absolute atomic E-state index is 12.0. The van der Waals surface area contributed by atoms with Crippen molar-refractivity contribution in [2.24, 2.45) is 0 Å². The fraction of sp³-hybridized carbons (Fsp3) is 0.778. The van der Waals surface area contributed by atoms with Gasteiger partial charge in [0.1, 0.15) is 6.61 Å². The molecular formula is C18H28O5. The smallest absolute Gasteiger partial charge is 0.334 e. The van der Waals surface area contributed by atoms with E-state index in [-0.39, 0.29) is 19.2 Å². The lowest BCUT2D eigenvalue weighted by Crippen LogP contribution is -2.39. The molecule has 1 atom stereocenters. The monoisotopic (exact) mass is 324 g/mol. The second-order valence-electron chi connectivity index (χ2n) is 6.66. The number of aliphatic hydroxyl groups excluding tert-OH is 1. The third kappa shape index (κ3) is 5.65. The second-order valence-corrected chi connectivity index (χ2v) is 6.66. The van der Waals surface area contributed by atoms with Gasteiger partial charge in [0.05, 0.1) is 6.61 Å². The Kier molecular flexibility index (Phi) is 7.09. The predicted molar refractivity (Wildman–Crippen MR) is 85.7 cm³/mol. The van der Waals surface area contributed by atoms with Gasteiger partial charge in [0.2, 0.25) is 0 Å². The van der Waals surface area contributed by atoms with Crippen LogP contribution >= 0.6 is 0 Å². The summed E-state index contributed by atoms with van der Waals surface area (Å²) < 4.78 is 10.6. The number of allylic oxidation sites excluding steroid dienone is 1. The van der Waals surface area contributed by atoms with Gasteiger partial charge in [-0.1, -0.05) is 44.6 Å². The molecule has 0 aromatic rings. The molecule has 0 saturated carbocycles. The summed E-state index contributed by atoms with van der Waals surface area (Å²) in [5.74, 6) is -0.674. The molecular weight excluding hydrogens is 296 g/mol. The van der Waals surface area contributed by atoms with E-state index < -0.39 is 11.6 Å². The number of esters is 2. The van der Waals surface area contributed by atoms with E-state index in [2.05, 4.69) is 0 Å². The normalized spacial score (nSPS) is 30.7. The first-order valence-corrected chi connectivity index (χ1v) is 8.84. The first-order chi connectivity index (χ1) is 11.2. The van der Waals surface area contributed by atoms with Crippen molar-refractivity contribution in [3.63, 3.8) is 0 Å². The molecule has 130 valence electrons. The van der Waals surface area contributed by atoms with Gasteiger partial charge in [-0.25, -0.2) is 4.79 Å². The van der Waals surface area contributed by atoms with E-state index in [9.17, 15) is 14.7 Å². The van der Waals surface area contributed by atoms with Crippen LogP contribution in [0, 0.1) is 0 Å². The molecule has 23 heavy (non-hydrogen) atoms. The minimum Gasteiger partial charge on any atom is -0.461 e. The first kappa shape index (κ1) is 18.0. The molecule has 1 N–H and O–H groups in total. The molecule has 0 radical (unpaired) electrons. The topological polar surface area (TPSA) is 72.8 Å². The fourth-order valence-corrected chi connectivity index (χ4v) is 3.12. The number of rotatable bonds is 1. The van der Waals surface area contributed by atoms with Crippen LogP contribution in [0.5, 0.6) is 0 Å². The Labute approximate surface area is 138 Å². The zero-order valence-electron chi connectivity index (χ0n) is 13.8. The number of aliphatic hydroxyl groups is 1. The molecule has 5 nitrogen and oxygen atoms in total. The summed E-state index contributed by atoms with van der Waals surface area (Å²) in [7, 11) is 0. The predicted octanol–water partition coefficient (Wildman–Crippen LogP) is 3.05. The van der Waals surface area contributed by atoms with E-state index in [1.54, 1.807) is 0 Å². The molecule has 2 heterocycles. The minimum atomic E-state index is -1.09. The summed E-state index contributed by atoms with van der Waals surface area (Å²) in [4.78, 5) is 23.7. The molecule has 2 bridgehead atoms. The van der Waals surface area contributed by atoms with Crippen molar-refractivity contribution in [3.05, 3.63) is 11.6 Å². The van der Waals surface area contributed by atoms with Crippen molar-refractivity contribution in [2.45, 2.75) is 76.2 Å². The lowest BCUT2D eigenvalue weighted by atomic mass is 9.98. The van der Waals surface area contributed by atoms with E-state index in [4.69, 9.17) is 9.47 Å². The number of fused-ring (bicyclic) bond motifs is 2. The Morgan fingerprint density at radius 3 is 2.35 bits per heavy atom. The fourth-order valence-electron chi connectivity index (χ4n) is 3.12. The molecule has 2 aliphatic rings. The Morgan fingerprint density at radius 1 is 1.00 bits per heavy atom. The molecule has 0 aliphatic carbocycles. The molecule has 1 fully saturated rings. The Morgan fingerprint density at radius 2 is 1.65 bits per heavy atom. The van der Waals surface area contributed by atoms with Gasteiger partial charge in [0.15, 0.2) is 5.60 Å². The highest BCUT2D eigenvalue weighted by Gasteiger charge is 2.44. The Bertz CT molecular complexity index is 443. The summed E-state index contributed by atoms with van der Waals surface area (Å²) >= 11 is 0. The number of carbonyl (C=O) groups excluding carboxylic acids is 2. The number of carbonyl (C=O) groups is 2. The molecule has 5 heteroatoms. The molecule has 2 rings (SSSR count). The molecule has 0 spiro atoms. The van der Waals surface area contributed by atoms with E-state index in [0.29, 0.717) is 18.4 Å². The SMILES string of the molecule is O=C1CCCCCCCCCC/C=C2/C[C@@](CO)(CO1)OC2=O. The van der Waals surface area contributed by atoms with Crippen LogP contribution in [0.25, 0.3) is 0 Å². The van der Waals surface area contributed by atoms with Gasteiger partial charge in [-0.3, -0.25) is 4.79 Å². The second kappa shape index (κ2) is 9.06. The van der Waals surface area contributed by atoms with E-state index >= 15 is 0 Å². The van der Waals surface area contributed by atoms with E-state index in [1.165, 1.54) is 25.7 Å². The van der Waals surface area contributed by atoms with E-state index in [0.717, 1.165) is 32.1 Å². The van der Waals surface area contributed by atoms with Crippen molar-refractivity contribution in [1.82, 2.24) is 0 Å². The lowest BCUT2D eigenvalue weighted by molar-refractivity contribution is -0.166. The highest BCUT2D eigenvalue weighted by molar-refractivity contribution is 5.91. The van der Waals surface area contributed by atoms with Crippen LogP contribution in [-0.2, 0) is 19.1 Å². The zero-order valence-corrected chi connectivity index (χ0v) is 13.8. The summed E-state index contributed by atoms with van der Waals surface area (Å²) in [6.07, 6.45) is 12.4. The summed E-state index contributed by atoms with van der Waals surface area (Å²) in [5, 5.41) is 9.60.